The summed E-state index contributed by atoms with van der Waals surface area (Å²) in [6, 6.07) is 10.1. The molecule has 0 saturated heterocycles. The van der Waals surface area contributed by atoms with Crippen LogP contribution in [0.3, 0.4) is 0 Å². The van der Waals surface area contributed by atoms with E-state index in [1.807, 2.05) is 18.2 Å². The number of anilines is 1. The Balaban J connectivity index is 2.02. The Hall–Kier alpha value is -0.930. The molecule has 0 amide bonds. The summed E-state index contributed by atoms with van der Waals surface area (Å²) in [5.74, 6) is 0. The van der Waals surface area contributed by atoms with Crippen LogP contribution < -0.4 is 5.32 Å². The van der Waals surface area contributed by atoms with Crippen LogP contribution in [0.15, 0.2) is 41.0 Å². The van der Waals surface area contributed by atoms with Crippen molar-refractivity contribution >= 4 is 33.2 Å². The summed E-state index contributed by atoms with van der Waals surface area (Å²) in [5, 5.41) is 4.11. The summed E-state index contributed by atoms with van der Waals surface area (Å²) in [5.41, 5.74) is 2.32. The first-order valence-corrected chi connectivity index (χ1v) is 7.20. The topological polar surface area (TPSA) is 17.0 Å². The first-order chi connectivity index (χ1) is 8.70. The molecule has 2 rings (SSSR count). The molecule has 0 aliphatic rings. The summed E-state index contributed by atoms with van der Waals surface area (Å²) in [7, 11) is 0. The monoisotopic (exact) mass is 326 g/mol. The van der Waals surface area contributed by atoms with Gasteiger partial charge in [-0.2, -0.15) is 0 Å². The van der Waals surface area contributed by atoms with Crippen molar-refractivity contribution in [3.8, 4) is 0 Å². The van der Waals surface area contributed by atoms with E-state index in [4.69, 9.17) is 11.6 Å². The van der Waals surface area contributed by atoms with Crippen LogP contribution in [0.1, 0.15) is 19.0 Å². The number of halogens is 2. The lowest BCUT2D eigenvalue weighted by Crippen LogP contribution is -2.06. The van der Waals surface area contributed by atoms with Crippen LogP contribution in [0.25, 0.3) is 0 Å². The highest BCUT2D eigenvalue weighted by atomic mass is 79.9. The Bertz CT molecular complexity index is 522. The number of aromatic nitrogens is 1. The van der Waals surface area contributed by atoms with Gasteiger partial charge in [0.1, 0.15) is 0 Å². The van der Waals surface area contributed by atoms with Gasteiger partial charge in [0.2, 0.25) is 0 Å². The molecule has 4 heteroatoms. The molecular formula is C14H16BrClN2. The lowest BCUT2D eigenvalue weighted by Gasteiger charge is -2.10. The van der Waals surface area contributed by atoms with E-state index in [-0.39, 0.29) is 0 Å². The fourth-order valence-corrected chi connectivity index (χ4v) is 2.29. The van der Waals surface area contributed by atoms with Crippen LogP contribution in [-0.2, 0) is 13.1 Å². The van der Waals surface area contributed by atoms with Gasteiger partial charge in [0.05, 0.1) is 11.6 Å². The third kappa shape index (κ3) is 3.30. The van der Waals surface area contributed by atoms with Crippen molar-refractivity contribution in [3.05, 3.63) is 51.7 Å². The molecule has 2 aromatic rings. The standard InChI is InChI=1S/C14H16BrClN2/c1-2-7-18-8-3-4-12(18)10-17-11-5-6-13(15)14(16)9-11/h3-6,8-9,17H,2,7,10H2,1H3. The summed E-state index contributed by atoms with van der Waals surface area (Å²) in [6.45, 7) is 4.06. The van der Waals surface area contributed by atoms with E-state index in [2.05, 4.69) is 51.1 Å². The highest BCUT2D eigenvalue weighted by Gasteiger charge is 2.02. The number of hydrogen-bond acceptors (Lipinski definition) is 1. The number of rotatable bonds is 5. The van der Waals surface area contributed by atoms with E-state index < -0.39 is 0 Å². The van der Waals surface area contributed by atoms with E-state index in [1.54, 1.807) is 0 Å². The molecule has 1 aromatic carbocycles. The second kappa shape index (κ2) is 6.30. The molecule has 96 valence electrons. The molecule has 0 bridgehead atoms. The second-order valence-corrected chi connectivity index (χ2v) is 5.44. The van der Waals surface area contributed by atoms with Gasteiger partial charge >= 0.3 is 0 Å². The van der Waals surface area contributed by atoms with E-state index in [1.165, 1.54) is 5.69 Å². The predicted octanol–water partition coefficient (Wildman–Crippen LogP) is 4.93. The number of nitrogens with one attached hydrogen (secondary N) is 1. The number of hydrogen-bond donors (Lipinski definition) is 1. The van der Waals surface area contributed by atoms with Crippen molar-refractivity contribution in [2.45, 2.75) is 26.4 Å². The van der Waals surface area contributed by atoms with E-state index in [9.17, 15) is 0 Å². The average molecular weight is 328 g/mol. The van der Waals surface area contributed by atoms with E-state index >= 15 is 0 Å². The van der Waals surface area contributed by atoms with E-state index in [0.717, 1.165) is 34.7 Å². The Morgan fingerprint density at radius 3 is 2.89 bits per heavy atom. The van der Waals surface area contributed by atoms with Gasteiger partial charge in [-0.25, -0.2) is 0 Å². The minimum Gasteiger partial charge on any atom is -0.379 e. The number of aryl methyl sites for hydroxylation is 1. The molecule has 0 aliphatic heterocycles. The predicted molar refractivity (Wildman–Crippen MR) is 81.2 cm³/mol. The number of nitrogens with zero attached hydrogens (tertiary/aromatic N) is 1. The van der Waals surface area contributed by atoms with Crippen molar-refractivity contribution in [2.24, 2.45) is 0 Å². The Kier molecular flexibility index (Phi) is 4.72. The van der Waals surface area contributed by atoms with Gasteiger partial charge in [0.15, 0.2) is 0 Å². The first-order valence-electron chi connectivity index (χ1n) is 6.03. The first kappa shape index (κ1) is 13.5. The highest BCUT2D eigenvalue weighted by molar-refractivity contribution is 9.10. The second-order valence-electron chi connectivity index (χ2n) is 4.18. The lowest BCUT2D eigenvalue weighted by atomic mass is 10.3. The third-order valence-corrected chi connectivity index (χ3v) is 4.01. The molecule has 18 heavy (non-hydrogen) atoms. The molecule has 1 heterocycles. The van der Waals surface area contributed by atoms with Crippen LogP contribution in [0.4, 0.5) is 5.69 Å². The van der Waals surface area contributed by atoms with Crippen LogP contribution in [0.5, 0.6) is 0 Å². The Labute approximate surface area is 121 Å². The third-order valence-electron chi connectivity index (χ3n) is 2.78. The van der Waals surface area contributed by atoms with Crippen molar-refractivity contribution < 1.29 is 0 Å². The molecule has 0 atom stereocenters. The lowest BCUT2D eigenvalue weighted by molar-refractivity contribution is 0.654. The molecule has 0 saturated carbocycles. The zero-order valence-electron chi connectivity index (χ0n) is 10.3. The minimum absolute atomic E-state index is 0.726. The molecular weight excluding hydrogens is 312 g/mol. The van der Waals surface area contributed by atoms with E-state index in [0.29, 0.717) is 0 Å². The zero-order valence-corrected chi connectivity index (χ0v) is 12.6. The highest BCUT2D eigenvalue weighted by Crippen LogP contribution is 2.25. The van der Waals surface area contributed by atoms with Gasteiger partial charge in [-0.15, -0.1) is 0 Å². The van der Waals surface area contributed by atoms with Crippen LogP contribution >= 0.6 is 27.5 Å². The van der Waals surface area contributed by atoms with Gasteiger partial charge in [0.25, 0.3) is 0 Å². The maximum atomic E-state index is 6.06. The van der Waals surface area contributed by atoms with Gasteiger partial charge in [0, 0.05) is 28.6 Å². The van der Waals surface area contributed by atoms with Crippen molar-refractivity contribution in [2.75, 3.05) is 5.32 Å². The maximum Gasteiger partial charge on any atom is 0.0568 e. The molecule has 0 spiro atoms. The SMILES string of the molecule is CCCn1cccc1CNc1ccc(Br)c(Cl)c1. The molecule has 2 nitrogen and oxygen atoms in total. The van der Waals surface area contributed by atoms with Crippen LogP contribution in [0, 0.1) is 0 Å². The van der Waals surface area contributed by atoms with Gasteiger partial charge < -0.3 is 9.88 Å². The van der Waals surface area contributed by atoms with Crippen LogP contribution in [0.2, 0.25) is 5.02 Å². The molecule has 1 N–H and O–H groups in total. The minimum atomic E-state index is 0.726. The normalized spacial score (nSPS) is 10.6. The number of benzene rings is 1. The van der Waals surface area contributed by atoms with Gasteiger partial charge in [-0.3, -0.25) is 0 Å². The fraction of sp³-hybridized carbons (Fsp3) is 0.286. The molecule has 0 unspecified atom stereocenters. The van der Waals surface area contributed by atoms with Crippen molar-refractivity contribution in [1.82, 2.24) is 4.57 Å². The largest absolute Gasteiger partial charge is 0.379 e. The summed E-state index contributed by atoms with van der Waals surface area (Å²) >= 11 is 9.45. The Morgan fingerprint density at radius 1 is 1.33 bits per heavy atom. The zero-order chi connectivity index (χ0) is 13.0. The fourth-order valence-electron chi connectivity index (χ4n) is 1.87. The van der Waals surface area contributed by atoms with Crippen molar-refractivity contribution in [1.29, 1.82) is 0 Å². The Morgan fingerprint density at radius 2 is 2.17 bits per heavy atom. The quantitative estimate of drug-likeness (QED) is 0.824. The molecule has 0 radical (unpaired) electrons. The van der Waals surface area contributed by atoms with Gasteiger partial charge in [-0.05, 0) is 52.7 Å². The summed E-state index contributed by atoms with van der Waals surface area (Å²) in [4.78, 5) is 0. The summed E-state index contributed by atoms with van der Waals surface area (Å²) < 4.78 is 3.19. The van der Waals surface area contributed by atoms with Crippen LogP contribution in [-0.4, -0.2) is 4.57 Å². The molecule has 0 aliphatic carbocycles. The van der Waals surface area contributed by atoms with Gasteiger partial charge in [-0.1, -0.05) is 18.5 Å². The summed E-state index contributed by atoms with van der Waals surface area (Å²) in [6.07, 6.45) is 3.26. The maximum absolute atomic E-state index is 6.06. The molecule has 0 fully saturated rings. The molecule has 1 aromatic heterocycles. The average Bonchev–Trinajstić information content (AvgIpc) is 2.79. The van der Waals surface area contributed by atoms with Crippen molar-refractivity contribution in [3.63, 3.8) is 0 Å². The smallest absolute Gasteiger partial charge is 0.0568 e.